The van der Waals surface area contributed by atoms with Crippen LogP contribution in [0.5, 0.6) is 0 Å². The molecule has 0 saturated carbocycles. The van der Waals surface area contributed by atoms with E-state index in [1.807, 2.05) is 11.8 Å². The summed E-state index contributed by atoms with van der Waals surface area (Å²) in [5, 5.41) is 6.40. The Kier molecular flexibility index (Phi) is 10.8. The van der Waals surface area contributed by atoms with Gasteiger partial charge in [-0.3, -0.25) is 9.69 Å². The topological polar surface area (TPSA) is 60.0 Å². The summed E-state index contributed by atoms with van der Waals surface area (Å²) in [6.07, 6.45) is 6.26. The Morgan fingerprint density at radius 1 is 0.931 bits per heavy atom. The van der Waals surface area contributed by atoms with Crippen molar-refractivity contribution in [2.24, 2.45) is 4.99 Å². The van der Waals surface area contributed by atoms with Crippen LogP contribution in [0.1, 0.15) is 50.2 Å². The zero-order chi connectivity index (χ0) is 19.6. The number of hydrogen-bond donors (Lipinski definition) is 2. The van der Waals surface area contributed by atoms with Crippen LogP contribution in [-0.2, 0) is 17.9 Å². The molecule has 0 spiro atoms. The minimum atomic E-state index is 0. The van der Waals surface area contributed by atoms with Crippen molar-refractivity contribution in [3.05, 3.63) is 35.4 Å². The van der Waals surface area contributed by atoms with Gasteiger partial charge in [0.05, 0.1) is 13.1 Å². The van der Waals surface area contributed by atoms with Crippen LogP contribution in [0.3, 0.4) is 0 Å². The second kappa shape index (κ2) is 13.1. The van der Waals surface area contributed by atoms with Crippen molar-refractivity contribution >= 4 is 35.8 Å². The van der Waals surface area contributed by atoms with Gasteiger partial charge < -0.3 is 15.5 Å². The van der Waals surface area contributed by atoms with Gasteiger partial charge in [0.15, 0.2) is 5.96 Å². The van der Waals surface area contributed by atoms with E-state index in [0.717, 1.165) is 39.0 Å². The molecule has 2 aliphatic heterocycles. The van der Waals surface area contributed by atoms with E-state index in [-0.39, 0.29) is 29.9 Å². The molecule has 6 nitrogen and oxygen atoms in total. The molecule has 2 saturated heterocycles. The fraction of sp³-hybridized carbons (Fsp3) is 0.636. The van der Waals surface area contributed by atoms with Crippen molar-refractivity contribution in [2.75, 3.05) is 39.3 Å². The molecular weight excluding hydrogens is 477 g/mol. The third-order valence-electron chi connectivity index (χ3n) is 5.51. The average Bonchev–Trinajstić information content (AvgIpc) is 3.27. The van der Waals surface area contributed by atoms with E-state index < -0.39 is 0 Å². The molecule has 0 bridgehead atoms. The molecule has 1 aromatic rings. The molecule has 2 N–H and O–H groups in total. The first-order valence-corrected chi connectivity index (χ1v) is 10.8. The highest BCUT2D eigenvalue weighted by Crippen LogP contribution is 2.14. The molecule has 0 aliphatic carbocycles. The maximum atomic E-state index is 12.2. The number of halogens is 1. The zero-order valence-electron chi connectivity index (χ0n) is 17.7. The number of likely N-dealkylation sites (tertiary alicyclic amines) is 2. The van der Waals surface area contributed by atoms with Gasteiger partial charge in [-0.1, -0.05) is 30.7 Å². The van der Waals surface area contributed by atoms with Crippen LogP contribution in [0.2, 0.25) is 0 Å². The highest BCUT2D eigenvalue weighted by molar-refractivity contribution is 14.0. The molecule has 3 rings (SSSR count). The third kappa shape index (κ3) is 8.12. The number of nitrogens with zero attached hydrogens (tertiary/aromatic N) is 3. The van der Waals surface area contributed by atoms with Gasteiger partial charge in [-0.15, -0.1) is 24.0 Å². The number of piperidine rings is 1. The number of benzene rings is 1. The summed E-state index contributed by atoms with van der Waals surface area (Å²) in [6, 6.07) is 8.77. The van der Waals surface area contributed by atoms with Crippen molar-refractivity contribution < 1.29 is 4.79 Å². The third-order valence-corrected chi connectivity index (χ3v) is 5.51. The molecule has 2 heterocycles. The monoisotopic (exact) mass is 513 g/mol. The number of nitrogens with one attached hydrogen (secondary N) is 2. The molecular formula is C22H36IN5O. The van der Waals surface area contributed by atoms with Gasteiger partial charge in [-0.05, 0) is 56.8 Å². The summed E-state index contributed by atoms with van der Waals surface area (Å²) in [6.45, 7) is 8.99. The van der Waals surface area contributed by atoms with Crippen LogP contribution in [-0.4, -0.2) is 60.9 Å². The van der Waals surface area contributed by atoms with Gasteiger partial charge in [0, 0.05) is 26.2 Å². The van der Waals surface area contributed by atoms with Crippen molar-refractivity contribution in [1.29, 1.82) is 0 Å². The first-order chi connectivity index (χ1) is 13.7. The Morgan fingerprint density at radius 3 is 2.21 bits per heavy atom. The van der Waals surface area contributed by atoms with Crippen LogP contribution >= 0.6 is 24.0 Å². The van der Waals surface area contributed by atoms with Gasteiger partial charge in [0.25, 0.3) is 0 Å². The number of guanidine groups is 1. The molecule has 0 atom stereocenters. The zero-order valence-corrected chi connectivity index (χ0v) is 20.0. The van der Waals surface area contributed by atoms with Crippen molar-refractivity contribution in [2.45, 2.75) is 52.1 Å². The van der Waals surface area contributed by atoms with E-state index in [0.29, 0.717) is 19.0 Å². The lowest BCUT2D eigenvalue weighted by Gasteiger charge is -2.26. The average molecular weight is 513 g/mol. The molecule has 2 fully saturated rings. The Hall–Kier alpha value is -1.35. The molecule has 29 heavy (non-hydrogen) atoms. The number of amides is 1. The molecule has 0 unspecified atom stereocenters. The number of aliphatic imine (C=N–C) groups is 1. The van der Waals surface area contributed by atoms with Gasteiger partial charge in [-0.25, -0.2) is 4.99 Å². The van der Waals surface area contributed by atoms with E-state index in [9.17, 15) is 4.79 Å². The van der Waals surface area contributed by atoms with Gasteiger partial charge >= 0.3 is 0 Å². The minimum absolute atomic E-state index is 0. The van der Waals surface area contributed by atoms with Gasteiger partial charge in [-0.2, -0.15) is 0 Å². The van der Waals surface area contributed by atoms with Crippen LogP contribution in [0.15, 0.2) is 29.3 Å². The second-order valence-corrected chi connectivity index (χ2v) is 7.79. The maximum absolute atomic E-state index is 12.2. The highest BCUT2D eigenvalue weighted by atomic mass is 127. The number of carbonyl (C=O) groups is 1. The van der Waals surface area contributed by atoms with Crippen LogP contribution < -0.4 is 10.6 Å². The van der Waals surface area contributed by atoms with E-state index >= 15 is 0 Å². The number of hydrogen-bond acceptors (Lipinski definition) is 3. The first kappa shape index (κ1) is 23.9. The summed E-state index contributed by atoms with van der Waals surface area (Å²) in [7, 11) is 0. The van der Waals surface area contributed by atoms with E-state index in [4.69, 9.17) is 0 Å². The molecule has 0 aromatic heterocycles. The van der Waals surface area contributed by atoms with Gasteiger partial charge in [0.1, 0.15) is 0 Å². The maximum Gasteiger partial charge on any atom is 0.241 e. The predicted octanol–water partition coefficient (Wildman–Crippen LogP) is 2.97. The Bertz CT molecular complexity index is 637. The van der Waals surface area contributed by atoms with Gasteiger partial charge in [0.2, 0.25) is 5.91 Å². The summed E-state index contributed by atoms with van der Waals surface area (Å²) in [5.74, 6) is 0.859. The lowest BCUT2D eigenvalue weighted by atomic mass is 10.1. The van der Waals surface area contributed by atoms with Crippen LogP contribution in [0.4, 0.5) is 0 Å². The molecule has 1 aromatic carbocycles. The Morgan fingerprint density at radius 2 is 1.55 bits per heavy atom. The van der Waals surface area contributed by atoms with Crippen molar-refractivity contribution in [3.8, 4) is 0 Å². The predicted molar refractivity (Wildman–Crippen MR) is 130 cm³/mol. The Balaban J connectivity index is 0.00000300. The quantitative estimate of drug-likeness (QED) is 0.335. The summed E-state index contributed by atoms with van der Waals surface area (Å²) >= 11 is 0. The lowest BCUT2D eigenvalue weighted by Crippen LogP contribution is -2.44. The molecule has 162 valence electrons. The van der Waals surface area contributed by atoms with E-state index in [2.05, 4.69) is 44.8 Å². The molecule has 7 heteroatoms. The smallest absolute Gasteiger partial charge is 0.241 e. The second-order valence-electron chi connectivity index (χ2n) is 7.79. The SMILES string of the molecule is CCNC(=NCc1ccc(CN2CCCCC2)cc1)NCC(=O)N1CCCC1.I. The van der Waals surface area contributed by atoms with E-state index in [1.165, 1.54) is 43.5 Å². The molecule has 0 radical (unpaired) electrons. The van der Waals surface area contributed by atoms with Crippen LogP contribution in [0.25, 0.3) is 0 Å². The summed E-state index contributed by atoms with van der Waals surface area (Å²) in [4.78, 5) is 21.3. The fourth-order valence-electron chi connectivity index (χ4n) is 3.88. The molecule has 2 aliphatic rings. The summed E-state index contributed by atoms with van der Waals surface area (Å²) < 4.78 is 0. The Labute approximate surface area is 192 Å². The first-order valence-electron chi connectivity index (χ1n) is 10.8. The van der Waals surface area contributed by atoms with Crippen molar-refractivity contribution in [1.82, 2.24) is 20.4 Å². The largest absolute Gasteiger partial charge is 0.357 e. The number of rotatable bonds is 7. The minimum Gasteiger partial charge on any atom is -0.357 e. The lowest BCUT2D eigenvalue weighted by molar-refractivity contribution is -0.128. The summed E-state index contributed by atoms with van der Waals surface area (Å²) in [5.41, 5.74) is 2.56. The normalized spacial score (nSPS) is 17.7. The van der Waals surface area contributed by atoms with E-state index in [1.54, 1.807) is 0 Å². The molecule has 1 amide bonds. The van der Waals surface area contributed by atoms with Crippen molar-refractivity contribution in [3.63, 3.8) is 0 Å². The number of carbonyl (C=O) groups excluding carboxylic acids is 1. The fourth-order valence-corrected chi connectivity index (χ4v) is 3.88. The standard InChI is InChI=1S/C22H35N5O.HI/c1-2-23-22(25-17-21(28)27-14-6-7-15-27)24-16-19-8-10-20(11-9-19)18-26-12-4-3-5-13-26;/h8-11H,2-7,12-18H2,1H3,(H2,23,24,25);1H. The van der Waals surface area contributed by atoms with Crippen LogP contribution in [0, 0.1) is 0 Å². The highest BCUT2D eigenvalue weighted by Gasteiger charge is 2.17.